The number of phenolic OH excluding ortho intramolecular Hbond substituents is 15. The molecule has 0 aromatic heterocycles. The van der Waals surface area contributed by atoms with Crippen LogP contribution >= 0.6 is 0 Å². The molecule has 0 saturated heterocycles. The standard InChI is InChI=1S/C60H48O24/c61-23-13-34(71)42-40(14-23)80-54(20-2-6-26(63)31(68)10-20)51(77)48(42)45-36(73)17-37(74)46-50-47-41(83-60(59(50)79,84-58(45)46)22-4-8-28(65)33(70)12-22)18-38(75)44-49(52(78)55(82-57(44)47)21-3-7-27(64)32(69)11-21)43-35(72)16-29(66)24-15-39(76)53(81-56(24)43)19-1-5-25(62)30(67)9-19/h1-14,16-18,39,48-55,59,61-79H,15H2/t39-,48-,49-,50-,51+,52+,53+,54+,55+,59+,60+/m0/s1. The summed E-state index contributed by atoms with van der Waals surface area (Å²) in [5.74, 6) is -20.4. The summed E-state index contributed by atoms with van der Waals surface area (Å²) < 4.78 is 32.9. The number of benzene rings is 8. The largest absolute Gasteiger partial charge is 0.508 e. The van der Waals surface area contributed by atoms with Crippen LogP contribution in [0.4, 0.5) is 0 Å². The third-order valence-electron chi connectivity index (χ3n) is 16.4. The first-order chi connectivity index (χ1) is 40.0. The van der Waals surface area contributed by atoms with Crippen molar-refractivity contribution in [3.05, 3.63) is 164 Å². The molecule has 19 N–H and O–H groups in total. The maximum Gasteiger partial charge on any atom is 0.305 e. The molecule has 24 heteroatoms. The number of phenols is 15. The molecule has 0 saturated carbocycles. The predicted molar refractivity (Wildman–Crippen MR) is 283 cm³/mol. The highest BCUT2D eigenvalue weighted by atomic mass is 16.7. The van der Waals surface area contributed by atoms with Gasteiger partial charge in [0.15, 0.2) is 58.2 Å². The van der Waals surface area contributed by atoms with Gasteiger partial charge in [0.1, 0.15) is 93.4 Å². The van der Waals surface area contributed by atoms with Crippen LogP contribution in [0, 0.1) is 0 Å². The zero-order chi connectivity index (χ0) is 59.4. The molecule has 0 spiro atoms. The second kappa shape index (κ2) is 18.6. The lowest BCUT2D eigenvalue weighted by Crippen LogP contribution is -2.58. The topological polar surface area (TPSA) is 431 Å². The van der Waals surface area contributed by atoms with E-state index in [1.165, 1.54) is 24.3 Å². The molecule has 0 aliphatic carbocycles. The predicted octanol–water partition coefficient (Wildman–Crippen LogP) is 5.69. The number of hydrogen-bond donors (Lipinski definition) is 19. The van der Waals surface area contributed by atoms with E-state index in [0.717, 1.165) is 78.9 Å². The van der Waals surface area contributed by atoms with Crippen LogP contribution in [0.5, 0.6) is 115 Å². The molecule has 0 radical (unpaired) electrons. The Labute approximate surface area is 471 Å². The van der Waals surface area contributed by atoms with Gasteiger partial charge in [0.05, 0.1) is 23.9 Å². The van der Waals surface area contributed by atoms with Crippen LogP contribution in [0.2, 0.25) is 0 Å². The van der Waals surface area contributed by atoms with Gasteiger partial charge in [-0.15, -0.1) is 0 Å². The highest BCUT2D eigenvalue weighted by Crippen LogP contribution is 2.68. The highest BCUT2D eigenvalue weighted by Gasteiger charge is 2.62. The van der Waals surface area contributed by atoms with Gasteiger partial charge >= 0.3 is 5.79 Å². The molecule has 13 rings (SSSR count). The van der Waals surface area contributed by atoms with Crippen molar-refractivity contribution in [2.24, 2.45) is 0 Å². The van der Waals surface area contributed by atoms with Gasteiger partial charge in [-0.3, -0.25) is 0 Å². The average molecular weight is 1150 g/mol. The van der Waals surface area contributed by atoms with E-state index in [-0.39, 0.29) is 56.0 Å². The van der Waals surface area contributed by atoms with Crippen LogP contribution in [0.25, 0.3) is 0 Å². The lowest BCUT2D eigenvalue weighted by Gasteiger charge is -2.52. The van der Waals surface area contributed by atoms with Crippen molar-refractivity contribution in [3.63, 3.8) is 0 Å². The van der Waals surface area contributed by atoms with E-state index in [2.05, 4.69) is 0 Å². The van der Waals surface area contributed by atoms with E-state index < -0.39 is 193 Å². The molecule has 8 aromatic rings. The monoisotopic (exact) mass is 1150 g/mol. The Balaban J connectivity index is 1.09. The van der Waals surface area contributed by atoms with E-state index in [1.54, 1.807) is 0 Å². The summed E-state index contributed by atoms with van der Waals surface area (Å²) in [6.45, 7) is 0. The van der Waals surface area contributed by atoms with Crippen LogP contribution in [0.1, 0.15) is 97.3 Å². The minimum atomic E-state index is -2.72. The van der Waals surface area contributed by atoms with Gasteiger partial charge in [-0.2, -0.15) is 0 Å². The third kappa shape index (κ3) is 7.68. The molecule has 24 nitrogen and oxygen atoms in total. The van der Waals surface area contributed by atoms with E-state index in [1.807, 2.05) is 0 Å². The molecule has 2 bridgehead atoms. The lowest BCUT2D eigenvalue weighted by molar-refractivity contribution is -0.219. The van der Waals surface area contributed by atoms with E-state index >= 15 is 0 Å². The summed E-state index contributed by atoms with van der Waals surface area (Å²) in [5.41, 5.74) is -2.64. The van der Waals surface area contributed by atoms with Crippen LogP contribution in [-0.4, -0.2) is 121 Å². The summed E-state index contributed by atoms with van der Waals surface area (Å²) in [4.78, 5) is 0. The van der Waals surface area contributed by atoms with Crippen LogP contribution < -0.4 is 23.7 Å². The van der Waals surface area contributed by atoms with Crippen LogP contribution in [0.3, 0.4) is 0 Å². The molecule has 0 unspecified atom stereocenters. The van der Waals surface area contributed by atoms with Gasteiger partial charge in [-0.25, -0.2) is 0 Å². The Morgan fingerprint density at radius 3 is 1.36 bits per heavy atom. The van der Waals surface area contributed by atoms with Gasteiger partial charge in [0.2, 0.25) is 0 Å². The first kappa shape index (κ1) is 52.9. The molecule has 84 heavy (non-hydrogen) atoms. The Morgan fingerprint density at radius 2 is 0.786 bits per heavy atom. The second-order valence-electron chi connectivity index (χ2n) is 21.2. The highest BCUT2D eigenvalue weighted by molar-refractivity contribution is 5.74. The van der Waals surface area contributed by atoms with Gasteiger partial charge in [-0.05, 0) is 71.3 Å². The number of ether oxygens (including phenoxy) is 5. The summed E-state index contributed by atoms with van der Waals surface area (Å²) in [5, 5.41) is 218. The van der Waals surface area contributed by atoms with E-state index in [9.17, 15) is 97.0 Å². The van der Waals surface area contributed by atoms with Crippen molar-refractivity contribution in [3.8, 4) is 115 Å². The Bertz CT molecular complexity index is 4110. The maximum atomic E-state index is 13.2. The minimum Gasteiger partial charge on any atom is -0.508 e. The fourth-order valence-electron chi connectivity index (χ4n) is 12.5. The van der Waals surface area contributed by atoms with Crippen molar-refractivity contribution in [2.45, 2.75) is 72.7 Å². The third-order valence-corrected chi connectivity index (χ3v) is 16.4. The Morgan fingerprint density at radius 1 is 0.333 bits per heavy atom. The molecule has 0 amide bonds. The van der Waals surface area contributed by atoms with E-state index in [0.29, 0.717) is 0 Å². The van der Waals surface area contributed by atoms with Crippen molar-refractivity contribution in [2.75, 3.05) is 0 Å². The molecule has 5 aliphatic rings. The fraction of sp³-hybridized carbons (Fsp3) is 0.200. The Hall–Kier alpha value is -10.4. The first-order valence-electron chi connectivity index (χ1n) is 25.8. The fourth-order valence-corrected chi connectivity index (χ4v) is 12.5. The number of aliphatic hydroxyl groups excluding tert-OH is 4. The smallest absolute Gasteiger partial charge is 0.305 e. The minimum absolute atomic E-state index is 0.0134. The molecule has 8 aromatic carbocycles. The van der Waals surface area contributed by atoms with Crippen LogP contribution in [0.15, 0.2) is 103 Å². The van der Waals surface area contributed by atoms with Gasteiger partial charge in [0, 0.05) is 81.3 Å². The number of aromatic hydroxyl groups is 15. The zero-order valence-electron chi connectivity index (χ0n) is 42.8. The SMILES string of the molecule is Oc1cc(O)c2c(c1)O[C@H](c1ccc(O)c(O)c1)[C@H](O)[C@@H]2c1c(O)cc(O)c2c1O[C@@]1(c3ccc(O)c(O)c3)Oc3cc(O)c4c(c3[C@H]2[C@H]1O)O[C@H](c1ccc(O)c(O)c1)[C@H](O)[C@H]4c1c(O)cc(O)c2c1O[C@H](c1ccc(O)c(O)c1)[C@@H](O)C2. The second-order valence-corrected chi connectivity index (χ2v) is 21.2. The molecule has 5 aliphatic heterocycles. The number of fused-ring (bicyclic) bond motifs is 10. The van der Waals surface area contributed by atoms with E-state index in [4.69, 9.17) is 23.7 Å². The maximum absolute atomic E-state index is 13.2. The van der Waals surface area contributed by atoms with Crippen molar-refractivity contribution < 1.29 is 121 Å². The van der Waals surface area contributed by atoms with Gasteiger partial charge in [-0.1, -0.05) is 18.2 Å². The van der Waals surface area contributed by atoms with Crippen molar-refractivity contribution >= 4 is 0 Å². The quantitative estimate of drug-likeness (QED) is 0.0889. The molecule has 11 atom stereocenters. The molecule has 432 valence electrons. The number of rotatable bonds is 6. The normalized spacial score (nSPS) is 25.1. The number of hydrogen-bond acceptors (Lipinski definition) is 24. The van der Waals surface area contributed by atoms with Crippen molar-refractivity contribution in [1.29, 1.82) is 0 Å². The molecular weight excluding hydrogens is 1100 g/mol. The van der Waals surface area contributed by atoms with Gasteiger partial charge in [0.25, 0.3) is 0 Å². The summed E-state index contributed by atoms with van der Waals surface area (Å²) >= 11 is 0. The summed E-state index contributed by atoms with van der Waals surface area (Å²) in [7, 11) is 0. The van der Waals surface area contributed by atoms with Crippen molar-refractivity contribution in [1.82, 2.24) is 0 Å². The average Bonchev–Trinajstić information content (AvgIpc) is 0.890. The molecule has 0 fully saturated rings. The lowest BCUT2D eigenvalue weighted by atomic mass is 9.70. The number of aliphatic hydroxyl groups is 4. The molecule has 5 heterocycles. The molecular formula is C60H48O24. The Kier molecular flexibility index (Phi) is 11.7. The zero-order valence-corrected chi connectivity index (χ0v) is 42.8. The summed E-state index contributed by atoms with van der Waals surface area (Å²) in [6.07, 6.45) is -12.8. The van der Waals surface area contributed by atoms with Crippen LogP contribution in [-0.2, 0) is 12.2 Å². The van der Waals surface area contributed by atoms with Gasteiger partial charge < -0.3 is 121 Å². The summed E-state index contributed by atoms with van der Waals surface area (Å²) in [6, 6.07) is 18.2. The first-order valence-corrected chi connectivity index (χ1v) is 25.8.